The summed E-state index contributed by atoms with van der Waals surface area (Å²) < 4.78 is 6.82. The molecule has 2 amide bonds. The van der Waals surface area contributed by atoms with Gasteiger partial charge in [-0.15, -0.1) is 0 Å². The zero-order valence-electron chi connectivity index (χ0n) is 18.9. The van der Waals surface area contributed by atoms with Crippen molar-refractivity contribution in [3.8, 4) is 17.1 Å². The van der Waals surface area contributed by atoms with E-state index in [4.69, 9.17) is 16.3 Å². The number of hydrogen-bond donors (Lipinski definition) is 2. The summed E-state index contributed by atoms with van der Waals surface area (Å²) in [5, 5.41) is 14.6. The monoisotopic (exact) mass is 494 g/mol. The lowest BCUT2D eigenvalue weighted by atomic mass is 9.95. The summed E-state index contributed by atoms with van der Waals surface area (Å²) in [6.45, 7) is 1.37. The molecule has 4 aromatic rings. The van der Waals surface area contributed by atoms with E-state index in [1.807, 2.05) is 18.3 Å². The molecule has 0 bridgehead atoms. The fourth-order valence-corrected chi connectivity index (χ4v) is 4.32. The van der Waals surface area contributed by atoms with E-state index in [0.29, 0.717) is 60.3 Å². The van der Waals surface area contributed by atoms with Gasteiger partial charge in [0.15, 0.2) is 11.3 Å². The van der Waals surface area contributed by atoms with Crippen molar-refractivity contribution in [1.29, 1.82) is 0 Å². The topological polar surface area (TPSA) is 130 Å². The van der Waals surface area contributed by atoms with Gasteiger partial charge in [0, 0.05) is 43.4 Å². The third-order valence-corrected chi connectivity index (χ3v) is 6.38. The lowest BCUT2D eigenvalue weighted by Crippen LogP contribution is -2.43. The van der Waals surface area contributed by atoms with E-state index >= 15 is 0 Å². The minimum atomic E-state index is -0.190. The van der Waals surface area contributed by atoms with E-state index in [0.717, 1.165) is 11.2 Å². The van der Waals surface area contributed by atoms with Crippen LogP contribution in [0.3, 0.4) is 0 Å². The minimum Gasteiger partial charge on any atom is -0.481 e. The number of pyridine rings is 2. The lowest BCUT2D eigenvalue weighted by molar-refractivity contribution is -0.126. The number of rotatable bonds is 6. The van der Waals surface area contributed by atoms with E-state index in [1.165, 1.54) is 19.6 Å². The van der Waals surface area contributed by atoms with Gasteiger partial charge in [-0.05, 0) is 30.5 Å². The maximum Gasteiger partial charge on any atom is 0.274 e. The Hall–Kier alpha value is -3.99. The quantitative estimate of drug-likeness (QED) is 0.420. The standard InChI is InChI=1S/C23H23ClN8O3/c1-35-21-8-16(17(24)11-25-21)18-9-19(30-29-18)23(34)31-6-4-15(5-7-31)22(33)26-10-14-2-3-20-27-13-28-32(20)12-14/h2-3,8-9,11-13,15H,4-7,10H2,1H3,(H,26,33)(H,29,30). The number of methoxy groups -OCH3 is 1. The number of halogens is 1. The molecule has 180 valence electrons. The Balaban J connectivity index is 1.16. The highest BCUT2D eigenvalue weighted by Crippen LogP contribution is 2.29. The number of carbonyl (C=O) groups is 2. The molecule has 5 rings (SSSR count). The van der Waals surface area contributed by atoms with Gasteiger partial charge in [0.1, 0.15) is 6.33 Å². The maximum atomic E-state index is 13.0. The number of carbonyl (C=O) groups excluding carboxylic acids is 2. The van der Waals surface area contributed by atoms with Crippen molar-refractivity contribution in [2.75, 3.05) is 20.2 Å². The first-order chi connectivity index (χ1) is 17.0. The molecule has 0 aliphatic carbocycles. The van der Waals surface area contributed by atoms with E-state index in [1.54, 1.807) is 21.5 Å². The smallest absolute Gasteiger partial charge is 0.274 e. The second-order valence-electron chi connectivity index (χ2n) is 8.26. The summed E-state index contributed by atoms with van der Waals surface area (Å²) in [5.74, 6) is 0.0573. The number of hydrogen-bond acceptors (Lipinski definition) is 7. The number of aromatic amines is 1. The van der Waals surface area contributed by atoms with Crippen molar-refractivity contribution in [2.45, 2.75) is 19.4 Å². The maximum absolute atomic E-state index is 13.0. The van der Waals surface area contributed by atoms with Crippen LogP contribution in [0.25, 0.3) is 16.9 Å². The molecule has 0 atom stereocenters. The van der Waals surface area contributed by atoms with Crippen LogP contribution in [-0.4, -0.2) is 66.7 Å². The van der Waals surface area contributed by atoms with Crippen LogP contribution in [0, 0.1) is 5.92 Å². The average Bonchev–Trinajstić information content (AvgIpc) is 3.57. The summed E-state index contributed by atoms with van der Waals surface area (Å²) >= 11 is 6.25. The second-order valence-corrected chi connectivity index (χ2v) is 8.67. The first kappa shape index (κ1) is 22.8. The van der Waals surface area contributed by atoms with Crippen LogP contribution < -0.4 is 10.1 Å². The molecule has 0 unspecified atom stereocenters. The fraction of sp³-hybridized carbons (Fsp3) is 0.304. The SMILES string of the molecule is COc1cc(-c2cc(C(=O)N3CCC(C(=O)NCc4ccc5ncnn5c4)CC3)n[nH]2)c(Cl)cn1. The van der Waals surface area contributed by atoms with E-state index in [9.17, 15) is 9.59 Å². The Bertz CT molecular complexity index is 1380. The number of fused-ring (bicyclic) bond motifs is 1. The van der Waals surface area contributed by atoms with Gasteiger partial charge in [0.05, 0.1) is 24.0 Å². The Morgan fingerprint density at radius 1 is 1.23 bits per heavy atom. The predicted molar refractivity (Wildman–Crippen MR) is 127 cm³/mol. The molecule has 5 heterocycles. The van der Waals surface area contributed by atoms with Crippen LogP contribution in [0.1, 0.15) is 28.9 Å². The number of ether oxygens (including phenoxy) is 1. The molecule has 0 saturated carbocycles. The second kappa shape index (κ2) is 9.71. The number of piperidine rings is 1. The molecular weight excluding hydrogens is 472 g/mol. The number of H-pyrrole nitrogens is 1. The van der Waals surface area contributed by atoms with Crippen molar-refractivity contribution < 1.29 is 14.3 Å². The van der Waals surface area contributed by atoms with Crippen LogP contribution in [0.15, 0.2) is 43.0 Å². The first-order valence-electron chi connectivity index (χ1n) is 11.1. The fourth-order valence-electron chi connectivity index (χ4n) is 4.11. The molecule has 0 aromatic carbocycles. The summed E-state index contributed by atoms with van der Waals surface area (Å²) in [6.07, 6.45) is 5.99. The number of amides is 2. The van der Waals surface area contributed by atoms with Gasteiger partial charge in [-0.3, -0.25) is 14.7 Å². The van der Waals surface area contributed by atoms with Gasteiger partial charge in [-0.1, -0.05) is 17.7 Å². The largest absolute Gasteiger partial charge is 0.481 e. The summed E-state index contributed by atoms with van der Waals surface area (Å²) in [4.78, 5) is 35.6. The number of aromatic nitrogens is 6. The van der Waals surface area contributed by atoms with Crippen LogP contribution in [0.2, 0.25) is 5.02 Å². The van der Waals surface area contributed by atoms with E-state index in [2.05, 4.69) is 30.6 Å². The molecule has 1 aliphatic heterocycles. The van der Waals surface area contributed by atoms with Gasteiger partial charge in [-0.2, -0.15) is 10.2 Å². The summed E-state index contributed by atoms with van der Waals surface area (Å²) in [7, 11) is 1.52. The number of nitrogens with zero attached hydrogens (tertiary/aromatic N) is 6. The van der Waals surface area contributed by atoms with Gasteiger partial charge < -0.3 is 15.0 Å². The third kappa shape index (κ3) is 4.80. The zero-order chi connectivity index (χ0) is 24.4. The van der Waals surface area contributed by atoms with Crippen molar-refractivity contribution >= 4 is 29.1 Å². The molecule has 4 aromatic heterocycles. The molecule has 1 aliphatic rings. The molecule has 11 nitrogen and oxygen atoms in total. The van der Waals surface area contributed by atoms with Gasteiger partial charge >= 0.3 is 0 Å². The van der Waals surface area contributed by atoms with Crippen molar-refractivity contribution in [1.82, 2.24) is 40.0 Å². The number of nitrogens with one attached hydrogen (secondary N) is 2. The predicted octanol–water partition coefficient (Wildman–Crippen LogP) is 2.34. The van der Waals surface area contributed by atoms with Crippen molar-refractivity contribution in [3.05, 3.63) is 59.3 Å². The third-order valence-electron chi connectivity index (χ3n) is 6.08. The molecule has 0 spiro atoms. The molecule has 35 heavy (non-hydrogen) atoms. The molecule has 12 heteroatoms. The van der Waals surface area contributed by atoms with Crippen LogP contribution >= 0.6 is 11.6 Å². The average molecular weight is 495 g/mol. The first-order valence-corrected chi connectivity index (χ1v) is 11.5. The van der Waals surface area contributed by atoms with Gasteiger partial charge in [0.25, 0.3) is 5.91 Å². The molecule has 0 radical (unpaired) electrons. The zero-order valence-corrected chi connectivity index (χ0v) is 19.7. The summed E-state index contributed by atoms with van der Waals surface area (Å²) in [5.41, 5.74) is 3.22. The van der Waals surface area contributed by atoms with Crippen LogP contribution in [-0.2, 0) is 11.3 Å². The Morgan fingerprint density at radius 2 is 2.06 bits per heavy atom. The van der Waals surface area contributed by atoms with Crippen molar-refractivity contribution in [2.24, 2.45) is 5.92 Å². The molecular formula is C23H23ClN8O3. The van der Waals surface area contributed by atoms with Gasteiger partial charge in [-0.25, -0.2) is 14.5 Å². The normalized spacial score (nSPS) is 14.3. The van der Waals surface area contributed by atoms with Crippen molar-refractivity contribution in [3.63, 3.8) is 0 Å². The Kier molecular flexibility index (Phi) is 6.32. The van der Waals surface area contributed by atoms with Gasteiger partial charge in [0.2, 0.25) is 11.8 Å². The molecule has 1 fully saturated rings. The highest BCUT2D eigenvalue weighted by atomic mass is 35.5. The minimum absolute atomic E-state index is 0.0147. The molecule has 2 N–H and O–H groups in total. The van der Waals surface area contributed by atoms with Crippen LogP contribution in [0.4, 0.5) is 0 Å². The highest BCUT2D eigenvalue weighted by Gasteiger charge is 2.29. The number of likely N-dealkylation sites (tertiary alicyclic amines) is 1. The highest BCUT2D eigenvalue weighted by molar-refractivity contribution is 6.33. The van der Waals surface area contributed by atoms with Crippen LogP contribution in [0.5, 0.6) is 5.88 Å². The molecule has 1 saturated heterocycles. The Morgan fingerprint density at radius 3 is 2.86 bits per heavy atom. The Labute approximate surface area is 205 Å². The van der Waals surface area contributed by atoms with E-state index < -0.39 is 0 Å². The van der Waals surface area contributed by atoms with E-state index in [-0.39, 0.29) is 17.7 Å². The lowest BCUT2D eigenvalue weighted by Gasteiger charge is -2.30. The summed E-state index contributed by atoms with van der Waals surface area (Å²) in [6, 6.07) is 7.11.